The molecule has 1 unspecified atom stereocenters. The van der Waals surface area contributed by atoms with E-state index in [0.717, 1.165) is 5.55 Å². The number of nitrogens with zero attached hydrogens (tertiary/aromatic N) is 1. The summed E-state index contributed by atoms with van der Waals surface area (Å²) in [4.78, 5) is 0.657. The van der Waals surface area contributed by atoms with Crippen LogP contribution in [0.1, 0.15) is 13.8 Å². The van der Waals surface area contributed by atoms with E-state index in [4.69, 9.17) is 0 Å². The lowest BCUT2D eigenvalue weighted by Gasteiger charge is -1.93. The molecule has 0 aromatic rings. The van der Waals surface area contributed by atoms with Crippen molar-refractivity contribution in [3.63, 3.8) is 0 Å². The molecule has 50 valence electrons. The van der Waals surface area contributed by atoms with Crippen molar-refractivity contribution >= 4 is 16.3 Å². The van der Waals surface area contributed by atoms with Crippen LogP contribution >= 0.6 is 0 Å². The van der Waals surface area contributed by atoms with Crippen molar-refractivity contribution in [1.29, 1.82) is 0 Å². The summed E-state index contributed by atoms with van der Waals surface area (Å²) in [6, 6.07) is 0. The molecule has 0 amide bonds. The number of hydroxylamine groups is 1. The molecular weight excluding hydrogens is 138 g/mol. The van der Waals surface area contributed by atoms with Crippen LogP contribution in [0, 0.1) is 5.21 Å². The largest absolute Gasteiger partial charge is 0.618 e. The van der Waals surface area contributed by atoms with Crippen molar-refractivity contribution < 1.29 is 8.95 Å². The predicted molar refractivity (Wildman–Crippen MR) is 36.2 cm³/mol. The first kappa shape index (κ1) is 6.48. The molecule has 1 rings (SSSR count). The van der Waals surface area contributed by atoms with Crippen molar-refractivity contribution in [3.05, 3.63) is 15.8 Å². The number of hydrogen-bond acceptors (Lipinski definition) is 2. The molecule has 0 saturated heterocycles. The van der Waals surface area contributed by atoms with Gasteiger partial charge < -0.3 is 5.21 Å². The second-order valence-corrected chi connectivity index (χ2v) is 3.29. The van der Waals surface area contributed by atoms with Gasteiger partial charge in [-0.2, -0.15) is 4.74 Å². The van der Waals surface area contributed by atoms with Gasteiger partial charge in [-0.05, 0) is 6.92 Å². The first-order valence-electron chi connectivity index (χ1n) is 2.52. The molecule has 0 radical (unpaired) electrons. The standard InChI is InChI=1S/C5H7NO2S/c1-4-5(2)9(8)3-6(4)7/h3H,1-2H3. The van der Waals surface area contributed by atoms with E-state index in [2.05, 4.69) is 0 Å². The Morgan fingerprint density at radius 3 is 2.33 bits per heavy atom. The van der Waals surface area contributed by atoms with Gasteiger partial charge in [0, 0.05) is 6.92 Å². The molecule has 1 aliphatic rings. The molecule has 0 aromatic carbocycles. The zero-order valence-electron chi connectivity index (χ0n) is 5.25. The van der Waals surface area contributed by atoms with Crippen molar-refractivity contribution in [2.75, 3.05) is 0 Å². The molecule has 0 aliphatic carbocycles. The summed E-state index contributed by atoms with van der Waals surface area (Å²) in [5.74, 6) is 0. The minimum atomic E-state index is -1.16. The predicted octanol–water partition coefficient (Wildman–Crippen LogP) is 0.539. The summed E-state index contributed by atoms with van der Waals surface area (Å²) in [5.41, 5.74) is 1.71. The van der Waals surface area contributed by atoms with Crippen molar-refractivity contribution in [2.24, 2.45) is 0 Å². The topological polar surface area (TPSA) is 43.1 Å². The molecule has 0 saturated carbocycles. The van der Waals surface area contributed by atoms with E-state index in [1.807, 2.05) is 0 Å². The summed E-state index contributed by atoms with van der Waals surface area (Å²) in [5, 5.41) is 10.6. The van der Waals surface area contributed by atoms with Crippen LogP contribution in [0.15, 0.2) is 10.6 Å². The quantitative estimate of drug-likeness (QED) is 0.369. The molecule has 9 heavy (non-hydrogen) atoms. The van der Waals surface area contributed by atoms with E-state index in [1.165, 1.54) is 0 Å². The van der Waals surface area contributed by atoms with E-state index in [9.17, 15) is 9.42 Å². The molecule has 1 atom stereocenters. The Balaban J connectivity index is 3.11. The van der Waals surface area contributed by atoms with Gasteiger partial charge in [0.25, 0.3) is 0 Å². The summed E-state index contributed by atoms with van der Waals surface area (Å²) in [7, 11) is -1.16. The molecule has 0 aromatic heterocycles. The molecule has 0 bridgehead atoms. The van der Waals surface area contributed by atoms with Gasteiger partial charge in [0.15, 0.2) is 0 Å². The Labute approximate surface area is 55.7 Å². The van der Waals surface area contributed by atoms with Gasteiger partial charge in [-0.15, -0.1) is 0 Å². The minimum Gasteiger partial charge on any atom is -0.618 e. The smallest absolute Gasteiger partial charge is 0.249 e. The van der Waals surface area contributed by atoms with Gasteiger partial charge in [-0.1, -0.05) is 0 Å². The van der Waals surface area contributed by atoms with Crippen molar-refractivity contribution in [2.45, 2.75) is 13.8 Å². The average molecular weight is 145 g/mol. The summed E-state index contributed by atoms with van der Waals surface area (Å²) < 4.78 is 11.4. The van der Waals surface area contributed by atoms with E-state index in [1.54, 1.807) is 13.8 Å². The molecule has 3 nitrogen and oxygen atoms in total. The SMILES string of the molecule is CC1=C(C)S(=O)C=[N+]1[O-]. The fraction of sp³-hybridized carbons (Fsp3) is 0.400. The zero-order chi connectivity index (χ0) is 7.02. The van der Waals surface area contributed by atoms with E-state index < -0.39 is 10.8 Å². The van der Waals surface area contributed by atoms with Gasteiger partial charge in [-0.25, -0.2) is 4.21 Å². The van der Waals surface area contributed by atoms with Crippen molar-refractivity contribution in [1.82, 2.24) is 0 Å². The molecule has 0 spiro atoms. The maximum absolute atomic E-state index is 10.8. The second-order valence-electron chi connectivity index (χ2n) is 1.87. The Hall–Kier alpha value is -0.640. The van der Waals surface area contributed by atoms with Crippen LogP contribution in [0.3, 0.4) is 0 Å². The molecule has 1 heterocycles. The van der Waals surface area contributed by atoms with Gasteiger partial charge in [0.2, 0.25) is 11.2 Å². The van der Waals surface area contributed by atoms with Crippen LogP contribution in [0.2, 0.25) is 0 Å². The maximum atomic E-state index is 10.8. The highest BCUT2D eigenvalue weighted by Crippen LogP contribution is 2.12. The van der Waals surface area contributed by atoms with Gasteiger partial charge in [0.1, 0.15) is 10.8 Å². The van der Waals surface area contributed by atoms with Crippen LogP contribution in [-0.2, 0) is 10.8 Å². The third kappa shape index (κ3) is 0.896. The molecular formula is C5H7NO2S. The Kier molecular flexibility index (Phi) is 1.40. The summed E-state index contributed by atoms with van der Waals surface area (Å²) >= 11 is 0. The zero-order valence-corrected chi connectivity index (χ0v) is 6.07. The molecule has 0 fully saturated rings. The minimum absolute atomic E-state index is 0.549. The second kappa shape index (κ2) is 1.95. The van der Waals surface area contributed by atoms with Crippen LogP contribution in [0.4, 0.5) is 0 Å². The fourth-order valence-electron chi connectivity index (χ4n) is 0.546. The fourth-order valence-corrected chi connectivity index (χ4v) is 1.42. The van der Waals surface area contributed by atoms with Crippen LogP contribution < -0.4 is 0 Å². The lowest BCUT2D eigenvalue weighted by Crippen LogP contribution is -1.94. The highest BCUT2D eigenvalue weighted by atomic mass is 32.2. The number of allylic oxidation sites excluding steroid dienone is 2. The highest BCUT2D eigenvalue weighted by Gasteiger charge is 2.19. The van der Waals surface area contributed by atoms with Gasteiger partial charge in [-0.3, -0.25) is 0 Å². The lowest BCUT2D eigenvalue weighted by atomic mass is 10.5. The van der Waals surface area contributed by atoms with Crippen LogP contribution in [-0.4, -0.2) is 14.5 Å². The first-order valence-corrected chi connectivity index (χ1v) is 3.73. The first-order chi connectivity index (χ1) is 4.13. The average Bonchev–Trinajstić information content (AvgIpc) is 1.98. The van der Waals surface area contributed by atoms with Crippen molar-refractivity contribution in [3.8, 4) is 0 Å². The van der Waals surface area contributed by atoms with E-state index >= 15 is 0 Å². The van der Waals surface area contributed by atoms with Crippen LogP contribution in [0.25, 0.3) is 0 Å². The molecule has 4 heteroatoms. The third-order valence-electron chi connectivity index (χ3n) is 1.33. The molecule has 1 aliphatic heterocycles. The van der Waals surface area contributed by atoms with E-state index in [0.29, 0.717) is 15.3 Å². The monoisotopic (exact) mass is 145 g/mol. The normalized spacial score (nSPS) is 26.9. The third-order valence-corrected chi connectivity index (χ3v) is 2.62. The number of rotatable bonds is 0. The summed E-state index contributed by atoms with van der Waals surface area (Å²) in [6.07, 6.45) is 0. The maximum Gasteiger partial charge on any atom is 0.249 e. The molecule has 0 N–H and O–H groups in total. The van der Waals surface area contributed by atoms with Crippen LogP contribution in [0.5, 0.6) is 0 Å². The lowest BCUT2D eigenvalue weighted by molar-refractivity contribution is -0.391. The van der Waals surface area contributed by atoms with Gasteiger partial charge in [0.05, 0.1) is 4.91 Å². The Bertz CT molecular complexity index is 229. The number of hydrogen-bond donors (Lipinski definition) is 0. The Morgan fingerprint density at radius 2 is 2.22 bits per heavy atom. The highest BCUT2D eigenvalue weighted by molar-refractivity contribution is 8.02. The van der Waals surface area contributed by atoms with Gasteiger partial charge >= 0.3 is 0 Å². The Morgan fingerprint density at radius 1 is 1.67 bits per heavy atom. The van der Waals surface area contributed by atoms with E-state index in [-0.39, 0.29) is 0 Å². The summed E-state index contributed by atoms with van der Waals surface area (Å²) in [6.45, 7) is 3.35.